The van der Waals surface area contributed by atoms with Crippen molar-refractivity contribution in [2.75, 3.05) is 7.05 Å². The summed E-state index contributed by atoms with van der Waals surface area (Å²) in [4.78, 5) is 0. The Labute approximate surface area is 127 Å². The SMILES string of the molecule is CNC(c1cc(F)ccc1C)c1c(C)c(C)cc(C)c1C. The second kappa shape index (κ2) is 5.98. The Kier molecular flexibility index (Phi) is 4.48. The van der Waals surface area contributed by atoms with E-state index in [2.05, 4.69) is 39.1 Å². The highest BCUT2D eigenvalue weighted by molar-refractivity contribution is 5.50. The Morgan fingerprint density at radius 3 is 1.95 bits per heavy atom. The van der Waals surface area contributed by atoms with Gasteiger partial charge in [0, 0.05) is 0 Å². The Bertz CT molecular complexity index is 648. The molecule has 0 amide bonds. The topological polar surface area (TPSA) is 12.0 Å². The molecule has 0 bridgehead atoms. The molecule has 1 N–H and O–H groups in total. The van der Waals surface area contributed by atoms with Gasteiger partial charge in [-0.2, -0.15) is 0 Å². The normalized spacial score (nSPS) is 12.5. The molecule has 112 valence electrons. The van der Waals surface area contributed by atoms with Crippen LogP contribution < -0.4 is 5.32 Å². The first-order valence-corrected chi connectivity index (χ1v) is 7.37. The first-order valence-electron chi connectivity index (χ1n) is 7.37. The maximum atomic E-state index is 13.7. The minimum atomic E-state index is -0.185. The van der Waals surface area contributed by atoms with E-state index in [1.807, 2.05) is 20.0 Å². The highest BCUT2D eigenvalue weighted by Gasteiger charge is 2.20. The van der Waals surface area contributed by atoms with Crippen LogP contribution >= 0.6 is 0 Å². The van der Waals surface area contributed by atoms with Crippen LogP contribution in [0.2, 0.25) is 0 Å². The monoisotopic (exact) mass is 285 g/mol. The molecule has 1 unspecified atom stereocenters. The molecule has 2 rings (SSSR count). The zero-order valence-electron chi connectivity index (χ0n) is 13.8. The standard InChI is InChI=1S/C19H24FN/c1-11-7-8-16(20)10-17(11)19(21-6)18-14(4)12(2)9-13(3)15(18)5/h7-10,19,21H,1-6H3. The number of halogens is 1. The van der Waals surface area contributed by atoms with Crippen molar-refractivity contribution >= 4 is 0 Å². The Balaban J connectivity index is 2.70. The lowest BCUT2D eigenvalue weighted by atomic mass is 9.85. The minimum absolute atomic E-state index is 0.0132. The predicted octanol–water partition coefficient (Wildman–Crippen LogP) is 4.68. The van der Waals surface area contributed by atoms with Gasteiger partial charge < -0.3 is 5.32 Å². The van der Waals surface area contributed by atoms with Crippen LogP contribution in [0.4, 0.5) is 4.39 Å². The minimum Gasteiger partial charge on any atom is -0.309 e. The summed E-state index contributed by atoms with van der Waals surface area (Å²) in [6, 6.07) is 7.25. The zero-order valence-corrected chi connectivity index (χ0v) is 13.8. The van der Waals surface area contributed by atoms with Gasteiger partial charge in [0.05, 0.1) is 6.04 Å². The first kappa shape index (κ1) is 15.7. The summed E-state index contributed by atoms with van der Waals surface area (Å²) < 4.78 is 13.7. The van der Waals surface area contributed by atoms with E-state index in [0.29, 0.717) is 0 Å². The van der Waals surface area contributed by atoms with Crippen molar-refractivity contribution in [2.24, 2.45) is 0 Å². The van der Waals surface area contributed by atoms with Gasteiger partial charge in [0.2, 0.25) is 0 Å². The zero-order chi connectivity index (χ0) is 15.7. The van der Waals surface area contributed by atoms with Gasteiger partial charge in [-0.25, -0.2) is 4.39 Å². The highest BCUT2D eigenvalue weighted by atomic mass is 19.1. The van der Waals surface area contributed by atoms with Gasteiger partial charge in [0.15, 0.2) is 0 Å². The van der Waals surface area contributed by atoms with Crippen molar-refractivity contribution in [3.63, 3.8) is 0 Å². The molecule has 2 aromatic rings. The van der Waals surface area contributed by atoms with Gasteiger partial charge in [-0.15, -0.1) is 0 Å². The molecule has 2 aromatic carbocycles. The molecule has 21 heavy (non-hydrogen) atoms. The molecule has 0 aromatic heterocycles. The van der Waals surface area contributed by atoms with E-state index < -0.39 is 0 Å². The number of aryl methyl sites for hydroxylation is 3. The van der Waals surface area contributed by atoms with E-state index in [0.717, 1.165) is 11.1 Å². The van der Waals surface area contributed by atoms with Gasteiger partial charge in [-0.1, -0.05) is 12.1 Å². The van der Waals surface area contributed by atoms with Crippen molar-refractivity contribution < 1.29 is 4.39 Å². The van der Waals surface area contributed by atoms with Gasteiger partial charge in [0.1, 0.15) is 5.82 Å². The second-order valence-corrected chi connectivity index (χ2v) is 5.90. The summed E-state index contributed by atoms with van der Waals surface area (Å²) in [5.74, 6) is -0.185. The smallest absolute Gasteiger partial charge is 0.123 e. The molecule has 0 heterocycles. The molecular weight excluding hydrogens is 261 g/mol. The maximum Gasteiger partial charge on any atom is 0.123 e. The van der Waals surface area contributed by atoms with Crippen LogP contribution in [-0.4, -0.2) is 7.05 Å². The third-order valence-electron chi connectivity index (χ3n) is 4.55. The highest BCUT2D eigenvalue weighted by Crippen LogP contribution is 2.33. The van der Waals surface area contributed by atoms with Crippen LogP contribution in [0.15, 0.2) is 24.3 Å². The third kappa shape index (κ3) is 2.86. The Morgan fingerprint density at radius 1 is 0.857 bits per heavy atom. The summed E-state index contributed by atoms with van der Waals surface area (Å²) in [6.07, 6.45) is 0. The molecule has 1 atom stereocenters. The van der Waals surface area contributed by atoms with Crippen LogP contribution in [0, 0.1) is 40.4 Å². The molecule has 0 saturated carbocycles. The summed E-state index contributed by atoms with van der Waals surface area (Å²) in [5.41, 5.74) is 8.50. The largest absolute Gasteiger partial charge is 0.309 e. The fraction of sp³-hybridized carbons (Fsp3) is 0.368. The molecule has 0 fully saturated rings. The summed E-state index contributed by atoms with van der Waals surface area (Å²) in [6.45, 7) is 10.6. The summed E-state index contributed by atoms with van der Waals surface area (Å²) in [7, 11) is 1.94. The van der Waals surface area contributed by atoms with Gasteiger partial charge in [-0.3, -0.25) is 0 Å². The van der Waals surface area contributed by atoms with Crippen LogP contribution in [0.3, 0.4) is 0 Å². The van der Waals surface area contributed by atoms with Gasteiger partial charge in [0.25, 0.3) is 0 Å². The average molecular weight is 285 g/mol. The summed E-state index contributed by atoms with van der Waals surface area (Å²) in [5, 5.41) is 3.37. The molecule has 0 radical (unpaired) electrons. The Hall–Kier alpha value is -1.67. The number of nitrogens with one attached hydrogen (secondary N) is 1. The van der Waals surface area contributed by atoms with Crippen molar-refractivity contribution in [1.29, 1.82) is 0 Å². The van der Waals surface area contributed by atoms with E-state index in [4.69, 9.17) is 0 Å². The van der Waals surface area contributed by atoms with Crippen molar-refractivity contribution in [3.8, 4) is 0 Å². The molecule has 2 heteroatoms. The molecular formula is C19H24FN. The predicted molar refractivity (Wildman–Crippen MR) is 87.4 cm³/mol. The van der Waals surface area contributed by atoms with Gasteiger partial charge in [-0.05, 0) is 92.7 Å². The number of benzene rings is 2. The lowest BCUT2D eigenvalue weighted by Gasteiger charge is -2.25. The lowest BCUT2D eigenvalue weighted by molar-refractivity contribution is 0.613. The average Bonchev–Trinajstić information content (AvgIpc) is 2.44. The number of hydrogen-bond donors (Lipinski definition) is 1. The Morgan fingerprint density at radius 2 is 1.43 bits per heavy atom. The van der Waals surface area contributed by atoms with Crippen LogP contribution in [0.5, 0.6) is 0 Å². The first-order chi connectivity index (χ1) is 9.86. The maximum absolute atomic E-state index is 13.7. The third-order valence-corrected chi connectivity index (χ3v) is 4.55. The fourth-order valence-electron chi connectivity index (χ4n) is 3.06. The van der Waals surface area contributed by atoms with E-state index in [9.17, 15) is 4.39 Å². The number of rotatable bonds is 3. The molecule has 0 aliphatic carbocycles. The fourth-order valence-corrected chi connectivity index (χ4v) is 3.06. The molecule has 0 aliphatic heterocycles. The molecule has 0 aliphatic rings. The lowest BCUT2D eigenvalue weighted by Crippen LogP contribution is -2.22. The van der Waals surface area contributed by atoms with Crippen LogP contribution in [0.25, 0.3) is 0 Å². The van der Waals surface area contributed by atoms with Gasteiger partial charge >= 0.3 is 0 Å². The van der Waals surface area contributed by atoms with Crippen LogP contribution in [-0.2, 0) is 0 Å². The van der Waals surface area contributed by atoms with E-state index in [1.165, 1.54) is 33.9 Å². The van der Waals surface area contributed by atoms with Crippen LogP contribution in [0.1, 0.15) is 45.0 Å². The molecule has 0 spiro atoms. The second-order valence-electron chi connectivity index (χ2n) is 5.90. The number of hydrogen-bond acceptors (Lipinski definition) is 1. The summed E-state index contributed by atoms with van der Waals surface area (Å²) >= 11 is 0. The van der Waals surface area contributed by atoms with E-state index in [-0.39, 0.29) is 11.9 Å². The van der Waals surface area contributed by atoms with E-state index in [1.54, 1.807) is 6.07 Å². The molecule has 1 nitrogen and oxygen atoms in total. The quantitative estimate of drug-likeness (QED) is 0.863. The molecule has 0 saturated heterocycles. The van der Waals surface area contributed by atoms with E-state index >= 15 is 0 Å². The van der Waals surface area contributed by atoms with Crippen molar-refractivity contribution in [1.82, 2.24) is 5.32 Å². The van der Waals surface area contributed by atoms with Crippen molar-refractivity contribution in [3.05, 3.63) is 69.0 Å². The van der Waals surface area contributed by atoms with Crippen molar-refractivity contribution in [2.45, 2.75) is 40.7 Å².